The molecule has 2 aliphatic rings. The summed E-state index contributed by atoms with van der Waals surface area (Å²) < 4.78 is 5.48. The average molecular weight is 242 g/mol. The second-order valence-corrected chi connectivity index (χ2v) is 4.93. The average Bonchev–Trinajstić information content (AvgIpc) is 2.33. The van der Waals surface area contributed by atoms with Gasteiger partial charge in [-0.05, 0) is 12.8 Å². The molecule has 0 aromatic heterocycles. The van der Waals surface area contributed by atoms with Crippen molar-refractivity contribution >= 4 is 5.91 Å². The number of rotatable bonds is 3. The summed E-state index contributed by atoms with van der Waals surface area (Å²) in [5.74, 6) is -0.00958. The van der Waals surface area contributed by atoms with Crippen molar-refractivity contribution in [1.29, 1.82) is 0 Å². The lowest BCUT2D eigenvalue weighted by Crippen LogP contribution is -2.47. The Labute approximate surface area is 102 Å². The highest BCUT2D eigenvalue weighted by Crippen LogP contribution is 2.18. The zero-order valence-corrected chi connectivity index (χ0v) is 10.2. The molecule has 1 unspecified atom stereocenters. The molecule has 0 spiro atoms. The Morgan fingerprint density at radius 1 is 1.41 bits per heavy atom. The maximum absolute atomic E-state index is 11.8. The first-order valence-electron chi connectivity index (χ1n) is 6.55. The molecule has 0 radical (unpaired) electrons. The summed E-state index contributed by atoms with van der Waals surface area (Å²) in [6, 6.07) is -0.0622. The van der Waals surface area contributed by atoms with E-state index in [0.29, 0.717) is 13.0 Å². The molecule has 1 aliphatic heterocycles. The van der Waals surface area contributed by atoms with Crippen LogP contribution in [-0.2, 0) is 9.53 Å². The molecule has 17 heavy (non-hydrogen) atoms. The van der Waals surface area contributed by atoms with Crippen LogP contribution in [0.25, 0.3) is 0 Å². The zero-order valence-electron chi connectivity index (χ0n) is 10.2. The number of ether oxygens (including phenoxy) is 1. The minimum absolute atomic E-state index is 0.00958. The molecule has 0 aromatic carbocycles. The lowest BCUT2D eigenvalue weighted by atomic mass is 9.92. The van der Waals surface area contributed by atoms with Crippen molar-refractivity contribution < 1.29 is 14.6 Å². The standard InChI is InChI=1S/C12H22N2O3/c15-11-4-2-1-3-10(11)14-12(16)7-9-8-13-5-6-17-9/h9-11,13,15H,1-8H2,(H,14,16)/t9?,10-,11-/m0/s1. The van der Waals surface area contributed by atoms with Crippen LogP contribution in [0.5, 0.6) is 0 Å². The number of hydrogen-bond acceptors (Lipinski definition) is 4. The van der Waals surface area contributed by atoms with E-state index >= 15 is 0 Å². The number of aliphatic hydroxyl groups excluding tert-OH is 1. The Bertz CT molecular complexity index is 254. The van der Waals surface area contributed by atoms with E-state index in [4.69, 9.17) is 4.74 Å². The summed E-state index contributed by atoms with van der Waals surface area (Å²) in [6.07, 6.45) is 3.81. The van der Waals surface area contributed by atoms with Crippen LogP contribution in [0.2, 0.25) is 0 Å². The van der Waals surface area contributed by atoms with Gasteiger partial charge in [-0.15, -0.1) is 0 Å². The number of carbonyl (C=O) groups excluding carboxylic acids is 1. The molecule has 1 amide bonds. The van der Waals surface area contributed by atoms with Gasteiger partial charge in [-0.1, -0.05) is 12.8 Å². The second kappa shape index (κ2) is 6.33. The summed E-state index contributed by atoms with van der Waals surface area (Å²) in [5, 5.41) is 15.9. The van der Waals surface area contributed by atoms with E-state index in [1.54, 1.807) is 0 Å². The molecule has 3 N–H and O–H groups in total. The SMILES string of the molecule is O=C(CC1CNCCO1)N[C@H]1CCCC[C@@H]1O. The summed E-state index contributed by atoms with van der Waals surface area (Å²) in [6.45, 7) is 2.27. The van der Waals surface area contributed by atoms with E-state index in [0.717, 1.165) is 38.8 Å². The molecule has 2 fully saturated rings. The van der Waals surface area contributed by atoms with Crippen LogP contribution in [0.15, 0.2) is 0 Å². The Morgan fingerprint density at radius 3 is 2.94 bits per heavy atom. The van der Waals surface area contributed by atoms with Gasteiger partial charge in [-0.3, -0.25) is 4.79 Å². The van der Waals surface area contributed by atoms with Gasteiger partial charge in [0.1, 0.15) is 0 Å². The molecule has 0 aromatic rings. The number of morpholine rings is 1. The highest BCUT2D eigenvalue weighted by Gasteiger charge is 2.25. The molecule has 5 nitrogen and oxygen atoms in total. The van der Waals surface area contributed by atoms with Gasteiger partial charge in [0, 0.05) is 13.1 Å². The maximum atomic E-state index is 11.8. The zero-order chi connectivity index (χ0) is 12.1. The maximum Gasteiger partial charge on any atom is 0.222 e. The van der Waals surface area contributed by atoms with Gasteiger partial charge >= 0.3 is 0 Å². The van der Waals surface area contributed by atoms with Crippen LogP contribution in [0.1, 0.15) is 32.1 Å². The molecule has 1 aliphatic carbocycles. The Kier molecular flexibility index (Phi) is 4.76. The van der Waals surface area contributed by atoms with E-state index in [1.807, 2.05) is 0 Å². The van der Waals surface area contributed by atoms with Gasteiger partial charge in [-0.2, -0.15) is 0 Å². The van der Waals surface area contributed by atoms with E-state index in [2.05, 4.69) is 10.6 Å². The third-order valence-electron chi connectivity index (χ3n) is 3.49. The molecule has 0 bridgehead atoms. The fraction of sp³-hybridized carbons (Fsp3) is 0.917. The van der Waals surface area contributed by atoms with Crippen molar-refractivity contribution in [3.05, 3.63) is 0 Å². The first-order valence-corrected chi connectivity index (χ1v) is 6.55. The first-order chi connectivity index (χ1) is 8.25. The normalized spacial score (nSPS) is 34.3. The van der Waals surface area contributed by atoms with Crippen LogP contribution in [0, 0.1) is 0 Å². The largest absolute Gasteiger partial charge is 0.391 e. The Morgan fingerprint density at radius 2 is 2.24 bits per heavy atom. The minimum Gasteiger partial charge on any atom is -0.391 e. The quantitative estimate of drug-likeness (QED) is 0.640. The van der Waals surface area contributed by atoms with Crippen LogP contribution in [0.4, 0.5) is 0 Å². The van der Waals surface area contributed by atoms with Crippen molar-refractivity contribution in [2.24, 2.45) is 0 Å². The lowest BCUT2D eigenvalue weighted by molar-refractivity contribution is -0.126. The van der Waals surface area contributed by atoms with Crippen LogP contribution in [-0.4, -0.2) is 49.0 Å². The minimum atomic E-state index is -0.377. The molecule has 98 valence electrons. The molecule has 2 rings (SSSR count). The predicted octanol–water partition coefficient (Wildman–Crippen LogP) is -0.215. The fourth-order valence-corrected chi connectivity index (χ4v) is 2.50. The Hall–Kier alpha value is -0.650. The van der Waals surface area contributed by atoms with Gasteiger partial charge in [0.15, 0.2) is 0 Å². The highest BCUT2D eigenvalue weighted by molar-refractivity contribution is 5.76. The molecule has 3 atom stereocenters. The molecule has 5 heteroatoms. The van der Waals surface area contributed by atoms with Crippen LogP contribution in [0.3, 0.4) is 0 Å². The fourth-order valence-electron chi connectivity index (χ4n) is 2.50. The summed E-state index contributed by atoms with van der Waals surface area (Å²) in [7, 11) is 0. The monoisotopic (exact) mass is 242 g/mol. The summed E-state index contributed by atoms with van der Waals surface area (Å²) in [5.41, 5.74) is 0. The molecule has 1 heterocycles. The van der Waals surface area contributed by atoms with Crippen molar-refractivity contribution in [2.75, 3.05) is 19.7 Å². The molecular formula is C12H22N2O3. The molecule has 1 saturated heterocycles. The number of amides is 1. The Balaban J connectivity index is 1.72. The van der Waals surface area contributed by atoms with E-state index < -0.39 is 0 Å². The number of hydrogen-bond donors (Lipinski definition) is 3. The topological polar surface area (TPSA) is 70.6 Å². The van der Waals surface area contributed by atoms with Crippen LogP contribution < -0.4 is 10.6 Å². The highest BCUT2D eigenvalue weighted by atomic mass is 16.5. The van der Waals surface area contributed by atoms with Crippen molar-refractivity contribution in [3.8, 4) is 0 Å². The van der Waals surface area contributed by atoms with Crippen molar-refractivity contribution in [1.82, 2.24) is 10.6 Å². The number of aliphatic hydroxyl groups is 1. The van der Waals surface area contributed by atoms with Gasteiger partial charge in [0.25, 0.3) is 0 Å². The number of nitrogens with one attached hydrogen (secondary N) is 2. The smallest absolute Gasteiger partial charge is 0.222 e. The summed E-state index contributed by atoms with van der Waals surface area (Å²) >= 11 is 0. The van der Waals surface area contributed by atoms with Crippen molar-refractivity contribution in [3.63, 3.8) is 0 Å². The predicted molar refractivity (Wildman–Crippen MR) is 63.6 cm³/mol. The van der Waals surface area contributed by atoms with Gasteiger partial charge < -0.3 is 20.5 Å². The molecular weight excluding hydrogens is 220 g/mol. The van der Waals surface area contributed by atoms with E-state index in [9.17, 15) is 9.90 Å². The summed E-state index contributed by atoms with van der Waals surface area (Å²) in [4.78, 5) is 11.8. The van der Waals surface area contributed by atoms with Gasteiger partial charge in [0.2, 0.25) is 5.91 Å². The lowest BCUT2D eigenvalue weighted by Gasteiger charge is -2.29. The van der Waals surface area contributed by atoms with E-state index in [1.165, 1.54) is 0 Å². The van der Waals surface area contributed by atoms with Crippen LogP contribution >= 0.6 is 0 Å². The molecule has 1 saturated carbocycles. The van der Waals surface area contributed by atoms with Gasteiger partial charge in [-0.25, -0.2) is 0 Å². The third-order valence-corrected chi connectivity index (χ3v) is 3.49. The first kappa shape index (κ1) is 12.8. The van der Waals surface area contributed by atoms with E-state index in [-0.39, 0.29) is 24.2 Å². The second-order valence-electron chi connectivity index (χ2n) is 4.93. The van der Waals surface area contributed by atoms with Crippen molar-refractivity contribution in [2.45, 2.75) is 50.4 Å². The third kappa shape index (κ3) is 3.94. The van der Waals surface area contributed by atoms with Gasteiger partial charge in [0.05, 0.1) is 31.3 Å². The number of carbonyl (C=O) groups is 1.